The van der Waals surface area contributed by atoms with E-state index in [1.54, 1.807) is 0 Å². The fraction of sp³-hybridized carbons (Fsp3) is 0.286. The summed E-state index contributed by atoms with van der Waals surface area (Å²) < 4.78 is 31.0. The number of rotatable bonds is 5. The molecule has 0 aliphatic rings. The predicted molar refractivity (Wildman–Crippen MR) is 67.0 cm³/mol. The molecule has 0 amide bonds. The summed E-state index contributed by atoms with van der Waals surface area (Å²) in [6, 6.07) is 0. The Kier molecular flexibility index (Phi) is 4.62. The van der Waals surface area contributed by atoms with Gasteiger partial charge >= 0.3 is 0 Å². The number of hydrogen-bond acceptors (Lipinski definition) is 7. The van der Waals surface area contributed by atoms with Crippen LogP contribution in [0.5, 0.6) is 0 Å². The number of thiazole rings is 1. The summed E-state index contributed by atoms with van der Waals surface area (Å²) in [6.45, 7) is -0.363. The zero-order valence-electron chi connectivity index (χ0n) is 8.98. The van der Waals surface area contributed by atoms with Gasteiger partial charge in [-0.25, -0.2) is 4.98 Å². The summed E-state index contributed by atoms with van der Waals surface area (Å²) in [5, 5.41) is 10.8. The number of hydrogen-bond donors (Lipinski definition) is 1. The molecule has 0 radical (unpaired) electrons. The van der Waals surface area contributed by atoms with Crippen molar-refractivity contribution >= 4 is 38.1 Å². The summed E-state index contributed by atoms with van der Waals surface area (Å²) in [6.07, 6.45) is 1.63. The number of aromatic nitrogens is 1. The molecule has 18 heavy (non-hydrogen) atoms. The molecule has 0 unspecified atom stereocenters. The predicted octanol–water partition coefficient (Wildman–Crippen LogP) is 1.24. The summed E-state index contributed by atoms with van der Waals surface area (Å²) in [5.74, 6) is 0. The van der Waals surface area contributed by atoms with E-state index < -0.39 is 19.9 Å². The smallest absolute Gasteiger partial charge is 0.298 e. The minimum absolute atomic E-state index is 0.245. The highest BCUT2D eigenvalue weighted by Gasteiger charge is 2.21. The van der Waals surface area contributed by atoms with Gasteiger partial charge in [-0.05, 0) is 0 Å². The number of nitro groups is 1. The van der Waals surface area contributed by atoms with Gasteiger partial charge in [0.15, 0.2) is 9.37 Å². The molecule has 1 rings (SSSR count). The quantitative estimate of drug-likeness (QED) is 0.494. The van der Waals surface area contributed by atoms with E-state index in [1.165, 1.54) is 18.1 Å². The van der Waals surface area contributed by atoms with Crippen LogP contribution in [0.4, 0.5) is 5.00 Å². The van der Waals surface area contributed by atoms with E-state index in [1.807, 2.05) is 0 Å². The van der Waals surface area contributed by atoms with Crippen LogP contribution in [0.2, 0.25) is 4.47 Å². The lowest BCUT2D eigenvalue weighted by molar-refractivity contribution is -0.403. The molecule has 0 spiro atoms. The number of nitrogens with zero attached hydrogens (tertiary/aromatic N) is 3. The molecular weight excluding hydrogens is 306 g/mol. The third-order valence-electron chi connectivity index (χ3n) is 1.82. The second-order valence-corrected chi connectivity index (χ2v) is 6.23. The van der Waals surface area contributed by atoms with Crippen molar-refractivity contribution < 1.29 is 17.9 Å². The number of likely N-dealkylation sites (N-methyl/N-ethyl adjacent to an activating group) is 1. The van der Waals surface area contributed by atoms with Gasteiger partial charge in [-0.1, -0.05) is 22.9 Å². The summed E-state index contributed by atoms with van der Waals surface area (Å²) >= 11 is 6.68. The van der Waals surface area contributed by atoms with Crippen LogP contribution >= 0.6 is 22.9 Å². The highest BCUT2D eigenvalue weighted by Crippen LogP contribution is 2.26. The maximum atomic E-state index is 11.0. The molecule has 0 saturated carbocycles. The van der Waals surface area contributed by atoms with Crippen molar-refractivity contribution in [1.82, 2.24) is 4.98 Å². The van der Waals surface area contributed by atoms with Gasteiger partial charge in [-0.2, -0.15) is 8.42 Å². The van der Waals surface area contributed by atoms with Crippen molar-refractivity contribution in [2.75, 3.05) is 18.5 Å². The summed E-state index contributed by atoms with van der Waals surface area (Å²) in [7, 11) is -3.14. The monoisotopic (exact) mass is 313 g/mol. The first-order valence-electron chi connectivity index (χ1n) is 4.34. The topological polar surface area (TPSA) is 114 Å². The maximum Gasteiger partial charge on any atom is 0.298 e. The molecule has 0 atom stereocenters. The van der Waals surface area contributed by atoms with Crippen molar-refractivity contribution in [2.24, 2.45) is 0 Å². The van der Waals surface area contributed by atoms with Gasteiger partial charge in [0.2, 0.25) is 0 Å². The van der Waals surface area contributed by atoms with Crippen LogP contribution in [-0.2, 0) is 10.1 Å². The summed E-state index contributed by atoms with van der Waals surface area (Å²) in [4.78, 5) is 13.7. The molecule has 1 heterocycles. The van der Waals surface area contributed by atoms with Crippen LogP contribution in [0.1, 0.15) is 0 Å². The minimum Gasteiger partial charge on any atom is -0.360 e. The first-order valence-corrected chi connectivity index (χ1v) is 6.97. The van der Waals surface area contributed by atoms with E-state index in [4.69, 9.17) is 16.2 Å². The van der Waals surface area contributed by atoms with E-state index in [-0.39, 0.29) is 17.2 Å². The van der Waals surface area contributed by atoms with Crippen LogP contribution in [-0.4, -0.2) is 36.5 Å². The number of halogens is 1. The van der Waals surface area contributed by atoms with Gasteiger partial charge in [-0.15, -0.1) is 0 Å². The number of anilines is 1. The molecule has 1 N–H and O–H groups in total. The molecule has 0 aromatic carbocycles. The van der Waals surface area contributed by atoms with Crippen molar-refractivity contribution in [3.63, 3.8) is 0 Å². The Hall–Kier alpha value is -1.23. The molecule has 0 aliphatic heterocycles. The second kappa shape index (κ2) is 5.61. The Morgan fingerprint density at radius 1 is 1.78 bits per heavy atom. The molecule has 0 aliphatic carbocycles. The second-order valence-electron chi connectivity index (χ2n) is 3.16. The molecule has 0 saturated heterocycles. The van der Waals surface area contributed by atoms with E-state index in [0.717, 1.165) is 11.3 Å². The fourth-order valence-electron chi connectivity index (χ4n) is 1.04. The maximum absolute atomic E-state index is 11.0. The first-order chi connectivity index (χ1) is 8.20. The van der Waals surface area contributed by atoms with Gasteiger partial charge in [-0.3, -0.25) is 14.7 Å². The average Bonchev–Trinajstić information content (AvgIpc) is 2.61. The van der Waals surface area contributed by atoms with E-state index in [9.17, 15) is 18.5 Å². The Bertz CT molecular complexity index is 582. The lowest BCUT2D eigenvalue weighted by atomic mass is 10.5. The van der Waals surface area contributed by atoms with Crippen molar-refractivity contribution in [1.29, 1.82) is 0 Å². The Labute approximate surface area is 111 Å². The molecule has 1 aromatic rings. The Balaban J connectivity index is 2.95. The van der Waals surface area contributed by atoms with Crippen LogP contribution in [0.15, 0.2) is 17.3 Å². The van der Waals surface area contributed by atoms with Crippen LogP contribution in [0, 0.1) is 10.1 Å². The van der Waals surface area contributed by atoms with Gasteiger partial charge in [0.05, 0.1) is 17.7 Å². The molecule has 0 fully saturated rings. The molecular formula is C7H8ClN3O5S2. The first kappa shape index (κ1) is 14.8. The lowest BCUT2D eigenvalue weighted by Gasteiger charge is -2.15. The normalized spacial score (nSPS) is 12.5. The molecule has 100 valence electrons. The summed E-state index contributed by atoms with van der Waals surface area (Å²) in [5.41, 5.74) is 0. The van der Waals surface area contributed by atoms with E-state index in [0.29, 0.717) is 5.00 Å². The van der Waals surface area contributed by atoms with Gasteiger partial charge in [0, 0.05) is 7.05 Å². The van der Waals surface area contributed by atoms with Crippen LogP contribution in [0.25, 0.3) is 0 Å². The standard InChI is InChI=1S/C7H8ClN3O5S2/c1-10(6-2-9-7(8)17-6)3-5(4-11(12)13)18(14,15)16/h2,4H,3H2,1H3,(H,14,15,16). The van der Waals surface area contributed by atoms with Crippen molar-refractivity contribution in [3.05, 3.63) is 31.9 Å². The van der Waals surface area contributed by atoms with Gasteiger partial charge in [0.1, 0.15) is 5.00 Å². The van der Waals surface area contributed by atoms with Crippen molar-refractivity contribution in [2.45, 2.75) is 0 Å². The average molecular weight is 314 g/mol. The lowest BCUT2D eigenvalue weighted by Crippen LogP contribution is -2.23. The molecule has 1 aromatic heterocycles. The minimum atomic E-state index is -4.63. The zero-order chi connectivity index (χ0) is 13.9. The third kappa shape index (κ3) is 4.22. The largest absolute Gasteiger partial charge is 0.360 e. The fourth-order valence-corrected chi connectivity index (χ4v) is 2.51. The molecule has 0 bridgehead atoms. The Morgan fingerprint density at radius 3 is 2.78 bits per heavy atom. The van der Waals surface area contributed by atoms with Gasteiger partial charge in [0.25, 0.3) is 16.3 Å². The SMILES string of the molecule is CN(CC(=C[N+](=O)[O-])S(=O)(=O)O)c1cnc(Cl)s1. The molecule has 8 nitrogen and oxygen atoms in total. The van der Waals surface area contributed by atoms with Gasteiger partial charge < -0.3 is 4.90 Å². The van der Waals surface area contributed by atoms with E-state index in [2.05, 4.69) is 4.98 Å². The zero-order valence-corrected chi connectivity index (χ0v) is 11.4. The Morgan fingerprint density at radius 2 is 2.39 bits per heavy atom. The van der Waals surface area contributed by atoms with Crippen molar-refractivity contribution in [3.8, 4) is 0 Å². The van der Waals surface area contributed by atoms with E-state index >= 15 is 0 Å². The highest BCUT2D eigenvalue weighted by molar-refractivity contribution is 7.89. The van der Waals surface area contributed by atoms with Crippen LogP contribution < -0.4 is 4.90 Å². The van der Waals surface area contributed by atoms with Crippen LogP contribution in [0.3, 0.4) is 0 Å². The highest BCUT2D eigenvalue weighted by atomic mass is 35.5. The molecule has 11 heteroatoms. The third-order valence-corrected chi connectivity index (χ3v) is 3.94.